The fraction of sp³-hybridized carbons (Fsp3) is 0.500. The van der Waals surface area contributed by atoms with Gasteiger partial charge in [-0.25, -0.2) is 0 Å². The summed E-state index contributed by atoms with van der Waals surface area (Å²) in [6, 6.07) is 9.77. The molecule has 1 rings (SSSR count). The van der Waals surface area contributed by atoms with Gasteiger partial charge in [0.15, 0.2) is 0 Å². The van der Waals surface area contributed by atoms with Crippen LogP contribution in [0.25, 0.3) is 0 Å². The Morgan fingerprint density at radius 2 is 2.07 bits per heavy atom. The first-order valence-corrected chi connectivity index (χ1v) is 6.66. The van der Waals surface area contributed by atoms with Crippen LogP contribution in [0.2, 0.25) is 0 Å². The van der Waals surface area contributed by atoms with E-state index in [4.69, 9.17) is 0 Å². The monoisotopic (exact) mass is 225 g/mol. The van der Waals surface area contributed by atoms with Crippen molar-refractivity contribution in [3.8, 4) is 0 Å². The topological polar surface area (TPSA) is 32.3 Å². The maximum absolute atomic E-state index is 9.81. The molecule has 0 aliphatic carbocycles. The number of hydrogen-bond donors (Lipinski definition) is 2. The van der Waals surface area contributed by atoms with Gasteiger partial charge in [0, 0.05) is 6.54 Å². The summed E-state index contributed by atoms with van der Waals surface area (Å²) < 4.78 is 0. The summed E-state index contributed by atoms with van der Waals surface area (Å²) in [4.78, 5) is 0. The van der Waals surface area contributed by atoms with Crippen LogP contribution in [0.5, 0.6) is 0 Å². The van der Waals surface area contributed by atoms with Crippen LogP contribution < -0.4 is 5.32 Å². The lowest BCUT2D eigenvalue weighted by Crippen LogP contribution is -2.22. The maximum atomic E-state index is 9.81. The van der Waals surface area contributed by atoms with Crippen molar-refractivity contribution in [2.45, 2.75) is 12.5 Å². The zero-order chi connectivity index (χ0) is 10.9. The Labute approximate surface area is 96.1 Å². The third-order valence-electron chi connectivity index (χ3n) is 2.22. The molecule has 1 unspecified atom stereocenters. The molecule has 15 heavy (non-hydrogen) atoms. The van der Waals surface area contributed by atoms with Crippen LogP contribution in [-0.2, 0) is 0 Å². The predicted molar refractivity (Wildman–Crippen MR) is 67.3 cm³/mol. The average Bonchev–Trinajstić information content (AvgIpc) is 2.30. The Morgan fingerprint density at radius 3 is 2.73 bits per heavy atom. The van der Waals surface area contributed by atoms with Crippen molar-refractivity contribution in [1.82, 2.24) is 5.32 Å². The Hall–Kier alpha value is -0.510. The summed E-state index contributed by atoms with van der Waals surface area (Å²) in [6.45, 7) is 1.61. The normalized spacial score (nSPS) is 12.7. The van der Waals surface area contributed by atoms with E-state index in [-0.39, 0.29) is 6.10 Å². The molecule has 0 saturated heterocycles. The van der Waals surface area contributed by atoms with Crippen LogP contribution in [0.15, 0.2) is 30.3 Å². The van der Waals surface area contributed by atoms with E-state index in [2.05, 4.69) is 11.6 Å². The van der Waals surface area contributed by atoms with Crippen molar-refractivity contribution in [2.75, 3.05) is 25.1 Å². The molecule has 0 aliphatic rings. The van der Waals surface area contributed by atoms with E-state index in [1.165, 1.54) is 5.75 Å². The van der Waals surface area contributed by atoms with E-state index >= 15 is 0 Å². The van der Waals surface area contributed by atoms with Crippen LogP contribution in [-0.4, -0.2) is 30.2 Å². The van der Waals surface area contributed by atoms with Crippen LogP contribution in [0, 0.1) is 0 Å². The molecule has 1 aromatic rings. The minimum absolute atomic E-state index is 0.388. The fourth-order valence-electron chi connectivity index (χ4n) is 1.37. The third-order valence-corrected chi connectivity index (χ3v) is 2.92. The summed E-state index contributed by atoms with van der Waals surface area (Å²) in [6.07, 6.45) is 2.88. The predicted octanol–water partition coefficient (Wildman–Crippen LogP) is 2.06. The van der Waals surface area contributed by atoms with Crippen molar-refractivity contribution in [3.63, 3.8) is 0 Å². The highest BCUT2D eigenvalue weighted by Crippen LogP contribution is 2.10. The number of hydrogen-bond acceptors (Lipinski definition) is 3. The first-order valence-electron chi connectivity index (χ1n) is 5.27. The number of thioether (sulfide) groups is 1. The fourth-order valence-corrected chi connectivity index (χ4v) is 1.81. The van der Waals surface area contributed by atoms with E-state index in [1.807, 2.05) is 42.1 Å². The van der Waals surface area contributed by atoms with Gasteiger partial charge in [-0.05, 0) is 30.5 Å². The van der Waals surface area contributed by atoms with E-state index in [0.29, 0.717) is 6.54 Å². The molecule has 84 valence electrons. The lowest BCUT2D eigenvalue weighted by Gasteiger charge is -2.11. The van der Waals surface area contributed by atoms with Gasteiger partial charge in [0.1, 0.15) is 0 Å². The molecule has 1 aromatic carbocycles. The number of rotatable bonds is 7. The highest BCUT2D eigenvalue weighted by atomic mass is 32.2. The molecule has 2 nitrogen and oxygen atoms in total. The number of aliphatic hydroxyl groups excluding tert-OH is 1. The van der Waals surface area contributed by atoms with E-state index in [0.717, 1.165) is 18.5 Å². The molecule has 0 amide bonds. The van der Waals surface area contributed by atoms with Crippen molar-refractivity contribution >= 4 is 11.8 Å². The zero-order valence-electron chi connectivity index (χ0n) is 9.15. The van der Waals surface area contributed by atoms with Gasteiger partial charge < -0.3 is 10.4 Å². The Balaban J connectivity index is 2.16. The summed E-state index contributed by atoms with van der Waals surface area (Å²) in [5.74, 6) is 1.18. The standard InChI is InChI=1S/C12H19NOS/c1-15-9-5-8-13-10-12(14)11-6-3-2-4-7-11/h2-4,6-7,12-14H,5,8-10H2,1H3. The van der Waals surface area contributed by atoms with Crippen LogP contribution >= 0.6 is 11.8 Å². The SMILES string of the molecule is CSCCCNCC(O)c1ccccc1. The van der Waals surface area contributed by atoms with Crippen molar-refractivity contribution < 1.29 is 5.11 Å². The number of benzene rings is 1. The third kappa shape index (κ3) is 5.21. The Kier molecular flexibility index (Phi) is 6.48. The lowest BCUT2D eigenvalue weighted by molar-refractivity contribution is 0.175. The van der Waals surface area contributed by atoms with Gasteiger partial charge in [0.25, 0.3) is 0 Å². The molecule has 0 bridgehead atoms. The summed E-state index contributed by atoms with van der Waals surface area (Å²) in [7, 11) is 0. The zero-order valence-corrected chi connectivity index (χ0v) is 9.96. The van der Waals surface area contributed by atoms with Gasteiger partial charge in [-0.1, -0.05) is 30.3 Å². The van der Waals surface area contributed by atoms with Gasteiger partial charge in [-0.3, -0.25) is 0 Å². The second-order valence-corrected chi connectivity index (χ2v) is 4.46. The molecule has 0 aromatic heterocycles. The minimum atomic E-state index is -0.388. The second-order valence-electron chi connectivity index (χ2n) is 3.48. The Bertz CT molecular complexity index is 253. The van der Waals surface area contributed by atoms with Crippen LogP contribution in [0.1, 0.15) is 18.1 Å². The molecular weight excluding hydrogens is 206 g/mol. The van der Waals surface area contributed by atoms with Crippen LogP contribution in [0.3, 0.4) is 0 Å². The molecule has 0 aliphatic heterocycles. The first kappa shape index (κ1) is 12.6. The van der Waals surface area contributed by atoms with Crippen LogP contribution in [0.4, 0.5) is 0 Å². The maximum Gasteiger partial charge on any atom is 0.0914 e. The molecule has 0 radical (unpaired) electrons. The number of nitrogens with one attached hydrogen (secondary N) is 1. The van der Waals surface area contributed by atoms with Gasteiger partial charge in [0.05, 0.1) is 6.10 Å². The quantitative estimate of drug-likeness (QED) is 0.697. The molecule has 1 atom stereocenters. The van der Waals surface area contributed by atoms with Gasteiger partial charge in [-0.15, -0.1) is 0 Å². The van der Waals surface area contributed by atoms with Gasteiger partial charge >= 0.3 is 0 Å². The minimum Gasteiger partial charge on any atom is -0.387 e. The van der Waals surface area contributed by atoms with E-state index in [1.54, 1.807) is 0 Å². The molecule has 0 spiro atoms. The summed E-state index contributed by atoms with van der Waals surface area (Å²) >= 11 is 1.85. The van der Waals surface area contributed by atoms with Crippen molar-refractivity contribution in [1.29, 1.82) is 0 Å². The Morgan fingerprint density at radius 1 is 1.33 bits per heavy atom. The average molecular weight is 225 g/mol. The molecule has 0 heterocycles. The molecule has 3 heteroatoms. The van der Waals surface area contributed by atoms with E-state index < -0.39 is 0 Å². The highest BCUT2D eigenvalue weighted by Gasteiger charge is 2.04. The smallest absolute Gasteiger partial charge is 0.0914 e. The lowest BCUT2D eigenvalue weighted by atomic mass is 10.1. The molecular formula is C12H19NOS. The van der Waals surface area contributed by atoms with Crippen molar-refractivity contribution in [3.05, 3.63) is 35.9 Å². The van der Waals surface area contributed by atoms with E-state index in [9.17, 15) is 5.11 Å². The highest BCUT2D eigenvalue weighted by molar-refractivity contribution is 7.98. The van der Waals surface area contributed by atoms with Gasteiger partial charge in [-0.2, -0.15) is 11.8 Å². The summed E-state index contributed by atoms with van der Waals surface area (Å²) in [5, 5.41) is 13.1. The number of aliphatic hydroxyl groups is 1. The molecule has 0 saturated carbocycles. The van der Waals surface area contributed by atoms with Gasteiger partial charge in [0.2, 0.25) is 0 Å². The molecule has 0 fully saturated rings. The second kappa shape index (κ2) is 7.74. The van der Waals surface area contributed by atoms with Crippen molar-refractivity contribution in [2.24, 2.45) is 0 Å². The largest absolute Gasteiger partial charge is 0.387 e. The molecule has 2 N–H and O–H groups in total. The first-order chi connectivity index (χ1) is 7.34. The summed E-state index contributed by atoms with van der Waals surface area (Å²) in [5.41, 5.74) is 0.981.